The van der Waals surface area contributed by atoms with Crippen molar-refractivity contribution in [1.82, 2.24) is 15.6 Å². The first kappa shape index (κ1) is 17.7. The Morgan fingerprint density at radius 3 is 2.52 bits per heavy atom. The van der Waals surface area contributed by atoms with Gasteiger partial charge in [0.15, 0.2) is 0 Å². The zero-order valence-electron chi connectivity index (χ0n) is 14.7. The van der Waals surface area contributed by atoms with Crippen LogP contribution in [0.4, 0.5) is 4.79 Å². The number of aromatic nitrogens is 1. The van der Waals surface area contributed by atoms with Crippen molar-refractivity contribution in [1.29, 1.82) is 0 Å². The molecule has 5 heteroatoms. The second-order valence-electron chi connectivity index (χ2n) is 7.34. The molecule has 0 spiro atoms. The Hall–Kier alpha value is -1.62. The highest BCUT2D eigenvalue weighted by molar-refractivity contribution is 5.68. The van der Waals surface area contributed by atoms with Gasteiger partial charge in [0.25, 0.3) is 0 Å². The maximum absolute atomic E-state index is 11.8. The van der Waals surface area contributed by atoms with E-state index in [-0.39, 0.29) is 12.1 Å². The molecule has 1 aromatic rings. The number of ether oxygens (including phenoxy) is 1. The summed E-state index contributed by atoms with van der Waals surface area (Å²) < 4.78 is 5.31. The molecule has 0 aromatic carbocycles. The van der Waals surface area contributed by atoms with Crippen molar-refractivity contribution in [2.45, 2.75) is 77.6 Å². The molecule has 0 radical (unpaired) electrons. The van der Waals surface area contributed by atoms with Crippen molar-refractivity contribution in [2.24, 2.45) is 0 Å². The number of alkyl carbamates (subject to hydrolysis) is 1. The minimum absolute atomic E-state index is 0.222. The summed E-state index contributed by atoms with van der Waals surface area (Å²) in [5.74, 6) is 0. The molecule has 1 aliphatic carbocycles. The second kappa shape index (κ2) is 7.77. The highest BCUT2D eigenvalue weighted by atomic mass is 16.6. The van der Waals surface area contributed by atoms with Gasteiger partial charge in [-0.1, -0.05) is 6.07 Å². The highest BCUT2D eigenvalue weighted by Crippen LogP contribution is 2.20. The van der Waals surface area contributed by atoms with Crippen molar-refractivity contribution in [3.8, 4) is 0 Å². The molecule has 1 aliphatic rings. The van der Waals surface area contributed by atoms with Crippen LogP contribution in [0, 0.1) is 6.92 Å². The molecule has 0 saturated heterocycles. The molecule has 2 rings (SSSR count). The van der Waals surface area contributed by atoms with Crippen molar-refractivity contribution in [2.75, 3.05) is 0 Å². The van der Waals surface area contributed by atoms with E-state index in [1.807, 2.05) is 33.0 Å². The van der Waals surface area contributed by atoms with Crippen molar-refractivity contribution in [3.05, 3.63) is 29.6 Å². The number of carbonyl (C=O) groups is 1. The molecule has 2 N–H and O–H groups in total. The van der Waals surface area contributed by atoms with E-state index in [4.69, 9.17) is 4.74 Å². The Kier molecular flexibility index (Phi) is 5.99. The Morgan fingerprint density at radius 2 is 1.91 bits per heavy atom. The fourth-order valence-electron chi connectivity index (χ4n) is 2.86. The molecule has 0 unspecified atom stereocenters. The lowest BCUT2D eigenvalue weighted by atomic mass is 9.91. The summed E-state index contributed by atoms with van der Waals surface area (Å²) in [5, 5.41) is 6.56. The number of amides is 1. The lowest BCUT2D eigenvalue weighted by Crippen LogP contribution is -2.43. The third-order valence-corrected chi connectivity index (χ3v) is 4.12. The zero-order chi connectivity index (χ0) is 16.9. The van der Waals surface area contributed by atoms with Crippen LogP contribution in [-0.4, -0.2) is 28.8 Å². The number of rotatable bonds is 4. The lowest BCUT2D eigenvalue weighted by Gasteiger charge is -2.30. The van der Waals surface area contributed by atoms with Gasteiger partial charge >= 0.3 is 6.09 Å². The standard InChI is InChI=1S/C18H29N3O2/c1-13-6-5-11-19-16(13)12-20-14-7-9-15(10-8-14)21-17(22)23-18(2,3)4/h5-6,11,14-15,20H,7-10,12H2,1-4H3,(H,21,22)/t14-,15-. The highest BCUT2D eigenvalue weighted by Gasteiger charge is 2.24. The van der Waals surface area contributed by atoms with Crippen LogP contribution < -0.4 is 10.6 Å². The van der Waals surface area contributed by atoms with Crippen LogP contribution in [0.2, 0.25) is 0 Å². The van der Waals surface area contributed by atoms with Crippen LogP contribution in [0.25, 0.3) is 0 Å². The summed E-state index contributed by atoms with van der Waals surface area (Å²) in [6, 6.07) is 4.77. The summed E-state index contributed by atoms with van der Waals surface area (Å²) >= 11 is 0. The number of carbonyl (C=O) groups excluding carboxylic acids is 1. The molecule has 1 fully saturated rings. The van der Waals surface area contributed by atoms with Gasteiger partial charge in [-0.2, -0.15) is 0 Å². The average molecular weight is 319 g/mol. The Bertz CT molecular complexity index is 517. The zero-order valence-corrected chi connectivity index (χ0v) is 14.7. The van der Waals surface area contributed by atoms with Crippen LogP contribution >= 0.6 is 0 Å². The third-order valence-electron chi connectivity index (χ3n) is 4.12. The van der Waals surface area contributed by atoms with E-state index in [0.717, 1.165) is 37.9 Å². The molecule has 1 heterocycles. The molecule has 0 bridgehead atoms. The van der Waals surface area contributed by atoms with Crippen LogP contribution in [-0.2, 0) is 11.3 Å². The van der Waals surface area contributed by atoms with E-state index in [2.05, 4.69) is 28.6 Å². The van der Waals surface area contributed by atoms with Gasteiger partial charge in [-0.15, -0.1) is 0 Å². The SMILES string of the molecule is Cc1cccnc1CN[C@H]1CC[C@H](NC(=O)OC(C)(C)C)CC1. The summed E-state index contributed by atoms with van der Waals surface area (Å²) in [5.41, 5.74) is 1.89. The van der Waals surface area contributed by atoms with Crippen molar-refractivity contribution < 1.29 is 9.53 Å². The van der Waals surface area contributed by atoms with Crippen molar-refractivity contribution >= 4 is 6.09 Å². The van der Waals surface area contributed by atoms with Crippen LogP contribution in [0.5, 0.6) is 0 Å². The van der Waals surface area contributed by atoms with Crippen LogP contribution in [0.3, 0.4) is 0 Å². The number of pyridine rings is 1. The maximum Gasteiger partial charge on any atom is 0.407 e. The Labute approximate surface area is 139 Å². The van der Waals surface area contributed by atoms with E-state index < -0.39 is 5.60 Å². The molecular weight excluding hydrogens is 290 g/mol. The number of hydrogen-bond acceptors (Lipinski definition) is 4. The average Bonchev–Trinajstić information content (AvgIpc) is 2.46. The van der Waals surface area contributed by atoms with Crippen LogP contribution in [0.1, 0.15) is 57.7 Å². The lowest BCUT2D eigenvalue weighted by molar-refractivity contribution is 0.0489. The number of aryl methyl sites for hydroxylation is 1. The Morgan fingerprint density at radius 1 is 1.26 bits per heavy atom. The third kappa shape index (κ3) is 6.18. The largest absolute Gasteiger partial charge is 0.444 e. The van der Waals surface area contributed by atoms with Crippen molar-refractivity contribution in [3.63, 3.8) is 0 Å². The van der Waals surface area contributed by atoms with E-state index in [1.54, 1.807) is 0 Å². The molecule has 0 aliphatic heterocycles. The first-order chi connectivity index (χ1) is 10.8. The summed E-state index contributed by atoms with van der Waals surface area (Å²) in [6.07, 6.45) is 5.62. The second-order valence-corrected chi connectivity index (χ2v) is 7.34. The van der Waals surface area contributed by atoms with E-state index in [1.165, 1.54) is 5.56 Å². The van der Waals surface area contributed by atoms with E-state index >= 15 is 0 Å². The minimum Gasteiger partial charge on any atom is -0.444 e. The van der Waals surface area contributed by atoms with E-state index in [9.17, 15) is 4.79 Å². The summed E-state index contributed by atoms with van der Waals surface area (Å²) in [6.45, 7) is 8.54. The van der Waals surface area contributed by atoms with Crippen LogP contribution in [0.15, 0.2) is 18.3 Å². The fraction of sp³-hybridized carbons (Fsp3) is 0.667. The molecule has 5 nitrogen and oxygen atoms in total. The van der Waals surface area contributed by atoms with Gasteiger partial charge in [0.05, 0.1) is 5.69 Å². The molecule has 1 saturated carbocycles. The first-order valence-corrected chi connectivity index (χ1v) is 8.47. The minimum atomic E-state index is -0.441. The number of nitrogens with one attached hydrogen (secondary N) is 2. The molecule has 1 amide bonds. The van der Waals surface area contributed by atoms with Gasteiger partial charge in [-0.25, -0.2) is 4.79 Å². The monoisotopic (exact) mass is 319 g/mol. The predicted octanol–water partition coefficient (Wildman–Crippen LogP) is 3.32. The molecule has 0 atom stereocenters. The smallest absolute Gasteiger partial charge is 0.407 e. The first-order valence-electron chi connectivity index (χ1n) is 8.47. The van der Waals surface area contributed by atoms with Gasteiger partial charge in [0.1, 0.15) is 5.60 Å². The molecular formula is C18H29N3O2. The van der Waals surface area contributed by atoms with Gasteiger partial charge in [-0.3, -0.25) is 4.98 Å². The quantitative estimate of drug-likeness (QED) is 0.893. The molecule has 1 aromatic heterocycles. The van der Waals surface area contributed by atoms with Gasteiger partial charge in [-0.05, 0) is 65.0 Å². The maximum atomic E-state index is 11.8. The Balaban J connectivity index is 1.70. The van der Waals surface area contributed by atoms with Gasteiger partial charge in [0, 0.05) is 24.8 Å². The normalized spacial score (nSPS) is 21.7. The number of hydrogen-bond donors (Lipinski definition) is 2. The number of nitrogens with zero attached hydrogens (tertiary/aromatic N) is 1. The molecule has 128 valence electrons. The predicted molar refractivity (Wildman–Crippen MR) is 91.2 cm³/mol. The van der Waals surface area contributed by atoms with E-state index in [0.29, 0.717) is 6.04 Å². The summed E-state index contributed by atoms with van der Waals surface area (Å²) in [4.78, 5) is 16.2. The van der Waals surface area contributed by atoms with Gasteiger partial charge < -0.3 is 15.4 Å². The topological polar surface area (TPSA) is 63.2 Å². The summed E-state index contributed by atoms with van der Waals surface area (Å²) in [7, 11) is 0. The molecule has 23 heavy (non-hydrogen) atoms. The van der Waals surface area contributed by atoms with Gasteiger partial charge in [0.2, 0.25) is 0 Å². The fourth-order valence-corrected chi connectivity index (χ4v) is 2.86.